The van der Waals surface area contributed by atoms with E-state index >= 15 is 0 Å². The second kappa shape index (κ2) is 7.72. The van der Waals surface area contributed by atoms with E-state index in [0.717, 1.165) is 48.0 Å². The van der Waals surface area contributed by atoms with Crippen LogP contribution in [0.1, 0.15) is 24.8 Å². The predicted molar refractivity (Wildman–Crippen MR) is 112 cm³/mol. The summed E-state index contributed by atoms with van der Waals surface area (Å²) in [7, 11) is -3.80. The molecule has 146 valence electrons. The van der Waals surface area contributed by atoms with Crippen molar-refractivity contribution in [2.24, 2.45) is 0 Å². The van der Waals surface area contributed by atoms with Crippen LogP contribution in [0.5, 0.6) is 0 Å². The molecule has 0 amide bonds. The van der Waals surface area contributed by atoms with Crippen LogP contribution in [0.3, 0.4) is 0 Å². The van der Waals surface area contributed by atoms with Crippen LogP contribution in [-0.2, 0) is 9.84 Å². The molecule has 1 aromatic heterocycles. The Kier molecular flexibility index (Phi) is 5.29. The average Bonchev–Trinajstić information content (AvgIpc) is 3.16. The third-order valence-corrected chi connectivity index (χ3v) is 7.10. The summed E-state index contributed by atoms with van der Waals surface area (Å²) in [6, 6.07) is 14.3. The highest BCUT2D eigenvalue weighted by Gasteiger charge is 2.31. The Morgan fingerprint density at radius 1 is 0.964 bits per heavy atom. The summed E-state index contributed by atoms with van der Waals surface area (Å²) in [4.78, 5) is 6.65. The van der Waals surface area contributed by atoms with Crippen LogP contribution < -0.4 is 4.90 Å². The van der Waals surface area contributed by atoms with Crippen molar-refractivity contribution in [3.05, 3.63) is 58.6 Å². The van der Waals surface area contributed by atoms with Gasteiger partial charge in [0.25, 0.3) is 0 Å². The molecule has 5 nitrogen and oxygen atoms in total. The first-order chi connectivity index (χ1) is 13.4. The molecule has 7 heteroatoms. The molecular formula is C21H21BrN2O3S. The highest BCUT2D eigenvalue weighted by molar-refractivity contribution is 9.10. The van der Waals surface area contributed by atoms with E-state index in [1.54, 1.807) is 24.3 Å². The number of rotatable bonds is 4. The zero-order chi connectivity index (χ0) is 19.7. The van der Waals surface area contributed by atoms with Crippen molar-refractivity contribution >= 4 is 31.7 Å². The highest BCUT2D eigenvalue weighted by atomic mass is 79.9. The monoisotopic (exact) mass is 460 g/mol. The first kappa shape index (κ1) is 19.2. The maximum atomic E-state index is 13.3. The average molecular weight is 461 g/mol. The van der Waals surface area contributed by atoms with Gasteiger partial charge in [-0.1, -0.05) is 33.6 Å². The number of halogens is 1. The molecule has 0 saturated carbocycles. The summed E-state index contributed by atoms with van der Waals surface area (Å²) in [5, 5.41) is -0.00713. The molecular weight excluding hydrogens is 440 g/mol. The molecule has 0 unspecified atom stereocenters. The van der Waals surface area contributed by atoms with Crippen LogP contribution in [-0.4, -0.2) is 26.5 Å². The lowest BCUT2D eigenvalue weighted by Crippen LogP contribution is -2.30. The van der Waals surface area contributed by atoms with E-state index in [2.05, 4.69) is 20.9 Å². The topological polar surface area (TPSA) is 63.4 Å². The lowest BCUT2D eigenvalue weighted by molar-refractivity contribution is 0.499. The van der Waals surface area contributed by atoms with Crippen LogP contribution in [0.4, 0.5) is 5.88 Å². The van der Waals surface area contributed by atoms with Crippen molar-refractivity contribution < 1.29 is 12.8 Å². The quantitative estimate of drug-likeness (QED) is 0.532. The Hall–Kier alpha value is -2.12. The molecule has 0 bridgehead atoms. The van der Waals surface area contributed by atoms with Crippen LogP contribution in [0.2, 0.25) is 0 Å². The van der Waals surface area contributed by atoms with Gasteiger partial charge in [-0.2, -0.15) is 4.98 Å². The second-order valence-electron chi connectivity index (χ2n) is 7.00. The Morgan fingerprint density at radius 2 is 1.61 bits per heavy atom. The van der Waals surface area contributed by atoms with Crippen LogP contribution >= 0.6 is 15.9 Å². The maximum absolute atomic E-state index is 13.3. The molecule has 28 heavy (non-hydrogen) atoms. The van der Waals surface area contributed by atoms with Crippen LogP contribution in [0, 0.1) is 6.92 Å². The SMILES string of the molecule is Cc1ccc(-c2nc(S(=O)(=O)c3ccc(Br)cc3)c(N3CCCCC3)o2)cc1. The van der Waals surface area contributed by atoms with Gasteiger partial charge in [0.1, 0.15) is 0 Å². The molecule has 2 aromatic carbocycles. The molecule has 1 aliphatic rings. The van der Waals surface area contributed by atoms with E-state index in [-0.39, 0.29) is 9.92 Å². The summed E-state index contributed by atoms with van der Waals surface area (Å²) in [6.45, 7) is 3.54. The largest absolute Gasteiger partial charge is 0.419 e. The van der Waals surface area contributed by atoms with Gasteiger partial charge in [0, 0.05) is 23.1 Å². The summed E-state index contributed by atoms with van der Waals surface area (Å²) in [5.41, 5.74) is 1.88. The number of piperidine rings is 1. The zero-order valence-corrected chi connectivity index (χ0v) is 18.0. The van der Waals surface area contributed by atoms with E-state index in [1.165, 1.54) is 0 Å². The molecule has 1 fully saturated rings. The molecule has 0 atom stereocenters. The summed E-state index contributed by atoms with van der Waals surface area (Å²) in [6.07, 6.45) is 3.17. The molecule has 0 N–H and O–H groups in total. The molecule has 3 aromatic rings. The number of aryl methyl sites for hydroxylation is 1. The van der Waals surface area contributed by atoms with Crippen molar-refractivity contribution in [2.45, 2.75) is 36.1 Å². The minimum atomic E-state index is -3.80. The van der Waals surface area contributed by atoms with Crippen molar-refractivity contribution in [3.63, 3.8) is 0 Å². The molecule has 1 saturated heterocycles. The number of hydrogen-bond acceptors (Lipinski definition) is 5. The minimum absolute atomic E-state index is 0.00713. The summed E-state index contributed by atoms with van der Waals surface area (Å²) >= 11 is 3.35. The summed E-state index contributed by atoms with van der Waals surface area (Å²) in [5.74, 6) is 0.675. The lowest BCUT2D eigenvalue weighted by Gasteiger charge is -2.26. The van der Waals surface area contributed by atoms with Crippen molar-refractivity contribution in [3.8, 4) is 11.5 Å². The van der Waals surface area contributed by atoms with Gasteiger partial charge in [0.2, 0.25) is 26.6 Å². The third kappa shape index (κ3) is 3.73. The zero-order valence-electron chi connectivity index (χ0n) is 15.6. The fourth-order valence-electron chi connectivity index (χ4n) is 3.31. The first-order valence-electron chi connectivity index (χ1n) is 9.28. The molecule has 2 heterocycles. The maximum Gasteiger partial charge on any atom is 0.236 e. The fourth-order valence-corrected chi connectivity index (χ4v) is 4.90. The number of benzene rings is 2. The highest BCUT2D eigenvalue weighted by Crippen LogP contribution is 2.36. The molecule has 0 spiro atoms. The number of oxazole rings is 1. The van der Waals surface area contributed by atoms with Crippen LogP contribution in [0.15, 0.2) is 67.3 Å². The first-order valence-corrected chi connectivity index (χ1v) is 11.6. The van der Waals surface area contributed by atoms with E-state index in [4.69, 9.17) is 4.42 Å². The van der Waals surface area contributed by atoms with Gasteiger partial charge in [0.15, 0.2) is 0 Å². The third-order valence-electron chi connectivity index (χ3n) is 4.90. The standard InChI is InChI=1S/C21H21BrN2O3S/c1-15-5-7-16(8-6-15)19-23-20(21(27-19)24-13-3-2-4-14-24)28(25,26)18-11-9-17(22)10-12-18/h5-12H,2-4,13-14H2,1H3. The smallest absolute Gasteiger partial charge is 0.236 e. The number of sulfone groups is 1. The van der Waals surface area contributed by atoms with Crippen molar-refractivity contribution in [2.75, 3.05) is 18.0 Å². The molecule has 0 radical (unpaired) electrons. The van der Waals surface area contributed by atoms with Crippen molar-refractivity contribution in [1.29, 1.82) is 0 Å². The van der Waals surface area contributed by atoms with Gasteiger partial charge in [-0.15, -0.1) is 0 Å². The fraction of sp³-hybridized carbons (Fsp3) is 0.286. The van der Waals surface area contributed by atoms with Gasteiger partial charge < -0.3 is 9.32 Å². The molecule has 0 aliphatic carbocycles. The Balaban J connectivity index is 1.84. The van der Waals surface area contributed by atoms with Crippen molar-refractivity contribution in [1.82, 2.24) is 4.98 Å². The minimum Gasteiger partial charge on any atom is -0.419 e. The van der Waals surface area contributed by atoms with E-state index in [9.17, 15) is 8.42 Å². The number of nitrogens with zero attached hydrogens (tertiary/aromatic N) is 2. The van der Waals surface area contributed by atoms with Gasteiger partial charge in [-0.25, -0.2) is 8.42 Å². The molecule has 1 aliphatic heterocycles. The van der Waals surface area contributed by atoms with E-state index in [0.29, 0.717) is 11.8 Å². The van der Waals surface area contributed by atoms with Gasteiger partial charge in [-0.3, -0.25) is 0 Å². The molecule has 4 rings (SSSR count). The van der Waals surface area contributed by atoms with Gasteiger partial charge >= 0.3 is 0 Å². The second-order valence-corrected chi connectivity index (χ2v) is 9.78. The number of hydrogen-bond donors (Lipinski definition) is 0. The number of aromatic nitrogens is 1. The Bertz CT molecular complexity index is 1070. The van der Waals surface area contributed by atoms with Crippen LogP contribution in [0.25, 0.3) is 11.5 Å². The van der Waals surface area contributed by atoms with E-state index in [1.807, 2.05) is 36.1 Å². The normalized spacial score (nSPS) is 15.0. The Morgan fingerprint density at radius 3 is 2.25 bits per heavy atom. The lowest BCUT2D eigenvalue weighted by atomic mass is 10.1. The predicted octanol–water partition coefficient (Wildman–Crippen LogP) is 5.24. The van der Waals surface area contributed by atoms with Gasteiger partial charge in [-0.05, 0) is 62.6 Å². The number of anilines is 1. The Labute approximate surface area is 173 Å². The van der Waals surface area contributed by atoms with E-state index < -0.39 is 9.84 Å². The van der Waals surface area contributed by atoms with Gasteiger partial charge in [0.05, 0.1) is 4.90 Å². The summed E-state index contributed by atoms with van der Waals surface area (Å²) < 4.78 is 33.5.